The first-order chi connectivity index (χ1) is 6.23. The van der Waals surface area contributed by atoms with E-state index < -0.39 is 4.32 Å². The van der Waals surface area contributed by atoms with Crippen LogP contribution < -0.4 is 10.6 Å². The molecule has 0 bridgehead atoms. The molecule has 0 atom stereocenters. The van der Waals surface area contributed by atoms with Crippen molar-refractivity contribution < 1.29 is 9.59 Å². The minimum absolute atomic E-state index is 0.0199. The summed E-state index contributed by atoms with van der Waals surface area (Å²) < 4.78 is -0.634. The minimum Gasteiger partial charge on any atom is -0.352 e. The molecule has 0 aliphatic heterocycles. The van der Waals surface area contributed by atoms with Crippen LogP contribution in [-0.2, 0) is 9.59 Å². The highest BCUT2D eigenvalue weighted by Crippen LogP contribution is 2.14. The zero-order valence-corrected chi connectivity index (χ0v) is 10.6. The lowest BCUT2D eigenvalue weighted by molar-refractivity contribution is -0.127. The molecule has 4 nitrogen and oxygen atoms in total. The Morgan fingerprint density at radius 1 is 1.36 bits per heavy atom. The van der Waals surface area contributed by atoms with E-state index >= 15 is 0 Å². The van der Waals surface area contributed by atoms with Crippen molar-refractivity contribution in [2.45, 2.75) is 38.1 Å². The summed E-state index contributed by atoms with van der Waals surface area (Å²) in [5, 5.41) is 5.21. The number of nitrogens with one attached hydrogen (secondary N) is 2. The van der Waals surface area contributed by atoms with Crippen molar-refractivity contribution in [2.75, 3.05) is 6.54 Å². The highest BCUT2D eigenvalue weighted by Gasteiger charge is 2.23. The third kappa shape index (κ3) is 5.96. The van der Waals surface area contributed by atoms with E-state index in [0.29, 0.717) is 0 Å². The summed E-state index contributed by atoms with van der Waals surface area (Å²) in [6.07, 6.45) is 0. The monoisotopic (exact) mass is 264 g/mol. The van der Waals surface area contributed by atoms with Crippen LogP contribution in [0.4, 0.5) is 0 Å². The molecule has 0 aromatic carbocycles. The SMILES string of the molecule is CC(C)NC(=O)CNC(=O)C(C)(C)Br. The number of alkyl halides is 1. The van der Waals surface area contributed by atoms with Gasteiger partial charge in [0.2, 0.25) is 11.8 Å². The maximum Gasteiger partial charge on any atom is 0.239 e. The van der Waals surface area contributed by atoms with Gasteiger partial charge in [-0.2, -0.15) is 0 Å². The lowest BCUT2D eigenvalue weighted by atomic mass is 10.2. The number of halogens is 1. The average molecular weight is 265 g/mol. The maximum absolute atomic E-state index is 11.3. The van der Waals surface area contributed by atoms with Crippen molar-refractivity contribution in [2.24, 2.45) is 0 Å². The molecular formula is C9H17BrN2O2. The molecular weight excluding hydrogens is 248 g/mol. The first-order valence-electron chi connectivity index (χ1n) is 4.50. The Balaban J connectivity index is 3.84. The highest BCUT2D eigenvalue weighted by molar-refractivity contribution is 9.10. The van der Waals surface area contributed by atoms with Gasteiger partial charge in [-0.3, -0.25) is 9.59 Å². The Hall–Kier alpha value is -0.580. The van der Waals surface area contributed by atoms with Crippen LogP contribution in [0.5, 0.6) is 0 Å². The molecule has 14 heavy (non-hydrogen) atoms. The Labute approximate surface area is 92.9 Å². The van der Waals surface area contributed by atoms with Crippen molar-refractivity contribution in [3.8, 4) is 0 Å². The smallest absolute Gasteiger partial charge is 0.239 e. The van der Waals surface area contributed by atoms with Crippen LogP contribution in [0.1, 0.15) is 27.7 Å². The second kappa shape index (κ2) is 5.34. The molecule has 0 aromatic heterocycles. The topological polar surface area (TPSA) is 58.2 Å². The Bertz CT molecular complexity index is 221. The standard InChI is InChI=1S/C9H17BrN2O2/c1-6(2)12-7(13)5-11-8(14)9(3,4)10/h6H,5H2,1-4H3,(H,11,14)(H,12,13). The van der Waals surface area contributed by atoms with E-state index in [-0.39, 0.29) is 24.4 Å². The van der Waals surface area contributed by atoms with Gasteiger partial charge in [0.25, 0.3) is 0 Å². The summed E-state index contributed by atoms with van der Waals surface area (Å²) in [4.78, 5) is 22.5. The van der Waals surface area contributed by atoms with Gasteiger partial charge in [0, 0.05) is 6.04 Å². The molecule has 0 spiro atoms. The quantitative estimate of drug-likeness (QED) is 0.739. The van der Waals surface area contributed by atoms with Gasteiger partial charge < -0.3 is 10.6 Å². The maximum atomic E-state index is 11.3. The average Bonchev–Trinajstić information content (AvgIpc) is 1.96. The van der Waals surface area contributed by atoms with E-state index in [1.165, 1.54) is 0 Å². The summed E-state index contributed by atoms with van der Waals surface area (Å²) in [6.45, 7) is 7.21. The van der Waals surface area contributed by atoms with Crippen LogP contribution >= 0.6 is 15.9 Å². The molecule has 5 heteroatoms. The lowest BCUT2D eigenvalue weighted by Crippen LogP contribution is -2.44. The van der Waals surface area contributed by atoms with Crippen LogP contribution in [0.25, 0.3) is 0 Å². The first-order valence-corrected chi connectivity index (χ1v) is 5.29. The minimum atomic E-state index is -0.634. The number of hydrogen-bond donors (Lipinski definition) is 2. The van der Waals surface area contributed by atoms with E-state index in [1.807, 2.05) is 13.8 Å². The summed E-state index contributed by atoms with van der Waals surface area (Å²) in [5.74, 6) is -0.374. The number of carbonyl (C=O) groups is 2. The predicted octanol–water partition coefficient (Wildman–Crippen LogP) is 0.801. The fraction of sp³-hybridized carbons (Fsp3) is 0.778. The molecule has 0 radical (unpaired) electrons. The molecule has 0 aliphatic rings. The van der Waals surface area contributed by atoms with Gasteiger partial charge in [-0.05, 0) is 27.7 Å². The van der Waals surface area contributed by atoms with Crippen LogP contribution in [0, 0.1) is 0 Å². The molecule has 0 saturated heterocycles. The van der Waals surface area contributed by atoms with Crippen molar-refractivity contribution in [3.05, 3.63) is 0 Å². The van der Waals surface area contributed by atoms with E-state index in [2.05, 4.69) is 26.6 Å². The van der Waals surface area contributed by atoms with Crippen molar-refractivity contribution >= 4 is 27.7 Å². The molecule has 0 fully saturated rings. The number of hydrogen-bond acceptors (Lipinski definition) is 2. The number of amides is 2. The summed E-state index contributed by atoms with van der Waals surface area (Å²) >= 11 is 3.20. The van der Waals surface area contributed by atoms with Crippen molar-refractivity contribution in [1.82, 2.24) is 10.6 Å². The second-order valence-corrected chi connectivity index (χ2v) is 5.86. The zero-order chi connectivity index (χ0) is 11.4. The molecule has 82 valence electrons. The fourth-order valence-corrected chi connectivity index (χ4v) is 0.884. The predicted molar refractivity (Wildman–Crippen MR) is 59.3 cm³/mol. The summed E-state index contributed by atoms with van der Waals surface area (Å²) in [5.41, 5.74) is 0. The molecule has 2 N–H and O–H groups in total. The van der Waals surface area contributed by atoms with Crippen molar-refractivity contribution in [3.63, 3.8) is 0 Å². The highest BCUT2D eigenvalue weighted by atomic mass is 79.9. The van der Waals surface area contributed by atoms with Crippen LogP contribution in [0.2, 0.25) is 0 Å². The van der Waals surface area contributed by atoms with Gasteiger partial charge in [-0.1, -0.05) is 15.9 Å². The molecule has 0 heterocycles. The molecule has 0 aliphatic carbocycles. The van der Waals surface area contributed by atoms with Gasteiger partial charge in [0.05, 0.1) is 10.9 Å². The fourth-order valence-electron chi connectivity index (χ4n) is 0.744. The molecule has 0 saturated carbocycles. The van der Waals surface area contributed by atoms with E-state index in [4.69, 9.17) is 0 Å². The van der Waals surface area contributed by atoms with Gasteiger partial charge in [-0.25, -0.2) is 0 Å². The van der Waals surface area contributed by atoms with E-state index in [0.717, 1.165) is 0 Å². The Kier molecular flexibility index (Phi) is 5.12. The molecule has 0 rings (SSSR count). The number of rotatable bonds is 4. The summed E-state index contributed by atoms with van der Waals surface area (Å²) in [7, 11) is 0. The molecule has 0 aromatic rings. The second-order valence-electron chi connectivity index (χ2n) is 3.88. The van der Waals surface area contributed by atoms with Gasteiger partial charge >= 0.3 is 0 Å². The third-order valence-corrected chi connectivity index (χ3v) is 1.76. The van der Waals surface area contributed by atoms with Crippen LogP contribution in [-0.4, -0.2) is 28.7 Å². The van der Waals surface area contributed by atoms with Gasteiger partial charge in [0.15, 0.2) is 0 Å². The van der Waals surface area contributed by atoms with Crippen LogP contribution in [0.3, 0.4) is 0 Å². The van der Waals surface area contributed by atoms with E-state index in [9.17, 15) is 9.59 Å². The van der Waals surface area contributed by atoms with E-state index in [1.54, 1.807) is 13.8 Å². The zero-order valence-electron chi connectivity index (χ0n) is 8.98. The first kappa shape index (κ1) is 13.4. The Morgan fingerprint density at radius 2 is 1.86 bits per heavy atom. The van der Waals surface area contributed by atoms with Crippen molar-refractivity contribution in [1.29, 1.82) is 0 Å². The lowest BCUT2D eigenvalue weighted by Gasteiger charge is -2.16. The van der Waals surface area contributed by atoms with Crippen LogP contribution in [0.15, 0.2) is 0 Å². The van der Waals surface area contributed by atoms with Gasteiger partial charge in [0.1, 0.15) is 0 Å². The third-order valence-electron chi connectivity index (χ3n) is 1.40. The normalized spacial score (nSPS) is 11.3. The largest absolute Gasteiger partial charge is 0.352 e. The Morgan fingerprint density at radius 3 is 2.21 bits per heavy atom. The van der Waals surface area contributed by atoms with Gasteiger partial charge in [-0.15, -0.1) is 0 Å². The molecule has 2 amide bonds. The number of carbonyl (C=O) groups excluding carboxylic acids is 2. The molecule has 0 unspecified atom stereocenters. The summed E-state index contributed by atoms with van der Waals surface area (Å²) in [6, 6.07) is 0.0939.